The van der Waals surface area contributed by atoms with Gasteiger partial charge in [0.1, 0.15) is 6.04 Å². The van der Waals surface area contributed by atoms with E-state index >= 15 is 0 Å². The number of carbonyl (C=O) groups excluding carboxylic acids is 1. The molecule has 1 fully saturated rings. The topological polar surface area (TPSA) is 69.7 Å². The summed E-state index contributed by atoms with van der Waals surface area (Å²) in [6.45, 7) is 5.08. The van der Waals surface area contributed by atoms with Gasteiger partial charge in [0, 0.05) is 13.1 Å². The smallest absolute Gasteiger partial charge is 0.243 e. The van der Waals surface area contributed by atoms with E-state index in [0.717, 1.165) is 31.5 Å². The van der Waals surface area contributed by atoms with Crippen LogP contribution in [0.5, 0.6) is 0 Å². The highest BCUT2D eigenvalue weighted by Gasteiger charge is 2.28. The Kier molecular flexibility index (Phi) is 6.92. The Morgan fingerprint density at radius 1 is 1.03 bits per heavy atom. The molecule has 7 heteroatoms. The molecule has 6 nitrogen and oxygen atoms in total. The van der Waals surface area contributed by atoms with Gasteiger partial charge in [0.05, 0.1) is 11.9 Å². The summed E-state index contributed by atoms with van der Waals surface area (Å²) >= 11 is 0. The number of nitrogens with zero attached hydrogens (tertiary/aromatic N) is 2. The minimum Gasteiger partial charge on any atom is -0.350 e. The highest BCUT2D eigenvalue weighted by Crippen LogP contribution is 2.21. The van der Waals surface area contributed by atoms with Crippen molar-refractivity contribution >= 4 is 21.6 Å². The summed E-state index contributed by atoms with van der Waals surface area (Å²) in [5, 5.41) is 2.92. The first-order chi connectivity index (χ1) is 13.9. The standard InChI is InChI=1S/C22H29N3O3S/c1-18(25(29(2,27)28)21-12-4-3-5-13-21)22(26)23-16-19-10-6-7-11-20(19)17-24-14-8-9-15-24/h3-7,10-13,18H,8-9,14-17H2,1-2H3,(H,23,26). The van der Waals surface area contributed by atoms with Crippen LogP contribution in [-0.4, -0.2) is 44.6 Å². The molecule has 0 aliphatic carbocycles. The fourth-order valence-corrected chi connectivity index (χ4v) is 4.95. The summed E-state index contributed by atoms with van der Waals surface area (Å²) in [5.74, 6) is -0.324. The first-order valence-corrected chi connectivity index (χ1v) is 11.8. The van der Waals surface area contributed by atoms with E-state index < -0.39 is 16.1 Å². The second-order valence-electron chi connectivity index (χ2n) is 7.54. The number of carbonyl (C=O) groups is 1. The van der Waals surface area contributed by atoms with Gasteiger partial charge < -0.3 is 5.32 Å². The summed E-state index contributed by atoms with van der Waals surface area (Å²) in [6.07, 6.45) is 3.59. The van der Waals surface area contributed by atoms with Crippen molar-refractivity contribution < 1.29 is 13.2 Å². The first-order valence-electron chi connectivity index (χ1n) is 9.97. The molecule has 2 aromatic carbocycles. The molecule has 1 atom stereocenters. The number of para-hydroxylation sites is 1. The molecule has 2 aromatic rings. The number of anilines is 1. The van der Waals surface area contributed by atoms with Crippen molar-refractivity contribution in [1.29, 1.82) is 0 Å². The second-order valence-corrected chi connectivity index (χ2v) is 9.40. The maximum absolute atomic E-state index is 12.8. The molecule has 1 saturated heterocycles. The largest absolute Gasteiger partial charge is 0.350 e. The van der Waals surface area contributed by atoms with Gasteiger partial charge in [0.2, 0.25) is 15.9 Å². The van der Waals surface area contributed by atoms with E-state index in [1.807, 2.05) is 24.3 Å². The van der Waals surface area contributed by atoms with Gasteiger partial charge in [-0.15, -0.1) is 0 Å². The van der Waals surface area contributed by atoms with E-state index in [9.17, 15) is 13.2 Å². The maximum atomic E-state index is 12.8. The van der Waals surface area contributed by atoms with Crippen molar-refractivity contribution in [3.8, 4) is 0 Å². The zero-order valence-electron chi connectivity index (χ0n) is 17.0. The third-order valence-electron chi connectivity index (χ3n) is 5.26. The average molecular weight is 416 g/mol. The Labute approximate surface area is 173 Å². The molecule has 0 radical (unpaired) electrons. The predicted molar refractivity (Wildman–Crippen MR) is 116 cm³/mol. The second kappa shape index (κ2) is 9.41. The van der Waals surface area contributed by atoms with Gasteiger partial charge in [0.25, 0.3) is 0 Å². The van der Waals surface area contributed by atoms with Crippen LogP contribution >= 0.6 is 0 Å². The zero-order chi connectivity index (χ0) is 20.9. The third-order valence-corrected chi connectivity index (χ3v) is 6.50. The summed E-state index contributed by atoms with van der Waals surface area (Å²) in [6, 6.07) is 15.9. The average Bonchev–Trinajstić information content (AvgIpc) is 3.20. The summed E-state index contributed by atoms with van der Waals surface area (Å²) in [7, 11) is -3.60. The van der Waals surface area contributed by atoms with E-state index in [4.69, 9.17) is 0 Å². The van der Waals surface area contributed by atoms with E-state index in [0.29, 0.717) is 12.2 Å². The molecule has 1 N–H and O–H groups in total. The van der Waals surface area contributed by atoms with E-state index in [1.165, 1.54) is 22.7 Å². The Bertz CT molecular complexity index is 925. The highest BCUT2D eigenvalue weighted by atomic mass is 32.2. The lowest BCUT2D eigenvalue weighted by molar-refractivity contribution is -0.122. The summed E-state index contributed by atoms with van der Waals surface area (Å²) in [5.41, 5.74) is 2.74. The number of hydrogen-bond donors (Lipinski definition) is 1. The van der Waals surface area contributed by atoms with Crippen molar-refractivity contribution in [2.45, 2.75) is 38.9 Å². The van der Waals surface area contributed by atoms with Crippen LogP contribution in [0.3, 0.4) is 0 Å². The minimum absolute atomic E-state index is 0.324. The Morgan fingerprint density at radius 2 is 1.62 bits per heavy atom. The van der Waals surface area contributed by atoms with Gasteiger partial charge in [-0.1, -0.05) is 42.5 Å². The van der Waals surface area contributed by atoms with Crippen molar-refractivity contribution in [3.05, 3.63) is 65.7 Å². The number of likely N-dealkylation sites (tertiary alicyclic amines) is 1. The number of benzene rings is 2. The van der Waals surface area contributed by atoms with Crippen LogP contribution in [0.2, 0.25) is 0 Å². The number of hydrogen-bond acceptors (Lipinski definition) is 4. The van der Waals surface area contributed by atoms with Crippen molar-refractivity contribution in [1.82, 2.24) is 10.2 Å². The van der Waals surface area contributed by atoms with Crippen molar-refractivity contribution in [2.24, 2.45) is 0 Å². The molecule has 3 rings (SSSR count). The lowest BCUT2D eigenvalue weighted by Crippen LogP contribution is -2.47. The fourth-order valence-electron chi connectivity index (χ4n) is 3.78. The third kappa shape index (κ3) is 5.58. The number of sulfonamides is 1. The summed E-state index contributed by atoms with van der Waals surface area (Å²) in [4.78, 5) is 15.2. The van der Waals surface area contributed by atoms with Gasteiger partial charge in [0.15, 0.2) is 0 Å². The van der Waals surface area contributed by atoms with Gasteiger partial charge in [-0.25, -0.2) is 8.42 Å². The molecule has 1 aliphatic rings. The van der Waals surface area contributed by atoms with Crippen molar-refractivity contribution in [2.75, 3.05) is 23.7 Å². The molecule has 1 aliphatic heterocycles. The van der Waals surface area contributed by atoms with E-state index in [2.05, 4.69) is 16.3 Å². The van der Waals surface area contributed by atoms with Crippen LogP contribution in [0.25, 0.3) is 0 Å². The summed E-state index contributed by atoms with van der Waals surface area (Å²) < 4.78 is 25.8. The number of rotatable bonds is 8. The fraction of sp³-hybridized carbons (Fsp3) is 0.409. The Morgan fingerprint density at radius 3 is 2.24 bits per heavy atom. The minimum atomic E-state index is -3.60. The molecule has 0 saturated carbocycles. The van der Waals surface area contributed by atoms with Gasteiger partial charge in [-0.05, 0) is 56.1 Å². The Balaban J connectivity index is 1.70. The maximum Gasteiger partial charge on any atom is 0.243 e. The molecule has 0 bridgehead atoms. The van der Waals surface area contributed by atoms with Crippen LogP contribution in [0.1, 0.15) is 30.9 Å². The highest BCUT2D eigenvalue weighted by molar-refractivity contribution is 7.92. The zero-order valence-corrected chi connectivity index (χ0v) is 17.9. The molecule has 0 spiro atoms. The van der Waals surface area contributed by atoms with Crippen molar-refractivity contribution in [3.63, 3.8) is 0 Å². The van der Waals surface area contributed by atoms with Gasteiger partial charge in [-0.3, -0.25) is 14.0 Å². The van der Waals surface area contributed by atoms with Crippen LogP contribution in [0, 0.1) is 0 Å². The van der Waals surface area contributed by atoms with E-state index in [1.54, 1.807) is 31.2 Å². The molecular weight excluding hydrogens is 386 g/mol. The molecule has 156 valence electrons. The number of amides is 1. The van der Waals surface area contributed by atoms with Gasteiger partial charge >= 0.3 is 0 Å². The number of nitrogens with one attached hydrogen (secondary N) is 1. The normalized spacial score (nSPS) is 15.8. The SMILES string of the molecule is CC(C(=O)NCc1ccccc1CN1CCCC1)N(c1ccccc1)S(C)(=O)=O. The molecule has 0 aromatic heterocycles. The molecule has 1 heterocycles. The Hall–Kier alpha value is -2.38. The lowest BCUT2D eigenvalue weighted by Gasteiger charge is -2.28. The van der Waals surface area contributed by atoms with Crippen LogP contribution in [0.4, 0.5) is 5.69 Å². The predicted octanol–water partition coefficient (Wildman–Crippen LogP) is 2.75. The molecule has 1 amide bonds. The monoisotopic (exact) mass is 415 g/mol. The van der Waals surface area contributed by atoms with Gasteiger partial charge in [-0.2, -0.15) is 0 Å². The molecule has 1 unspecified atom stereocenters. The quantitative estimate of drug-likeness (QED) is 0.720. The van der Waals surface area contributed by atoms with Crippen LogP contribution < -0.4 is 9.62 Å². The lowest BCUT2D eigenvalue weighted by atomic mass is 10.1. The van der Waals surface area contributed by atoms with Crippen LogP contribution in [0.15, 0.2) is 54.6 Å². The molecule has 29 heavy (non-hydrogen) atoms. The molecular formula is C22H29N3O3S. The van der Waals surface area contributed by atoms with Crippen LogP contribution in [-0.2, 0) is 27.9 Å². The van der Waals surface area contributed by atoms with E-state index in [-0.39, 0.29) is 5.91 Å². The first kappa shape index (κ1) is 21.3.